The number of ether oxygens (including phenoxy) is 1. The van der Waals surface area contributed by atoms with Crippen LogP contribution in [0.4, 0.5) is 0 Å². The lowest BCUT2D eigenvalue weighted by Gasteiger charge is -2.50. The molecule has 0 amide bonds. The lowest BCUT2D eigenvalue weighted by molar-refractivity contribution is 0.0265. The van der Waals surface area contributed by atoms with Crippen molar-refractivity contribution < 1.29 is 4.74 Å². The maximum absolute atomic E-state index is 6.24. The van der Waals surface area contributed by atoms with Gasteiger partial charge in [0.2, 0.25) is 0 Å². The number of likely N-dealkylation sites (tertiary alicyclic amines) is 1. The van der Waals surface area contributed by atoms with Gasteiger partial charge in [0, 0.05) is 15.8 Å². The fraction of sp³-hybridized carbons (Fsp3) is 0.467. The molecule has 2 unspecified atom stereocenters. The third-order valence-electron chi connectivity index (χ3n) is 8.66. The summed E-state index contributed by atoms with van der Waals surface area (Å²) in [7, 11) is 0. The number of thiophene rings is 1. The second-order valence-corrected chi connectivity index (χ2v) is 11.4. The lowest BCUT2D eigenvalue weighted by Crippen LogP contribution is -2.55. The summed E-state index contributed by atoms with van der Waals surface area (Å²) in [6.45, 7) is 4.00. The molecule has 180 valence electrons. The maximum atomic E-state index is 6.24. The quantitative estimate of drug-likeness (QED) is 0.373. The summed E-state index contributed by atoms with van der Waals surface area (Å²) in [5.41, 5.74) is 6.25. The van der Waals surface area contributed by atoms with Crippen molar-refractivity contribution in [2.45, 2.75) is 68.9 Å². The van der Waals surface area contributed by atoms with Crippen LogP contribution < -0.4 is 0 Å². The van der Waals surface area contributed by atoms with Gasteiger partial charge in [-0.15, -0.1) is 23.7 Å². The van der Waals surface area contributed by atoms with Gasteiger partial charge in [0.1, 0.15) is 0 Å². The SMILES string of the molecule is Cl.c1ccc(C2(CCCN3CCCCC34CCc3sccc3C4)COCc3ccccc32)cc1. The minimum Gasteiger partial charge on any atom is -0.375 e. The van der Waals surface area contributed by atoms with Crippen molar-refractivity contribution in [2.24, 2.45) is 0 Å². The number of hydrogen-bond donors (Lipinski definition) is 0. The summed E-state index contributed by atoms with van der Waals surface area (Å²) in [5.74, 6) is 0. The largest absolute Gasteiger partial charge is 0.375 e. The molecule has 0 N–H and O–H groups in total. The smallest absolute Gasteiger partial charge is 0.0720 e. The first-order valence-corrected chi connectivity index (χ1v) is 13.7. The second kappa shape index (κ2) is 10.1. The van der Waals surface area contributed by atoms with E-state index < -0.39 is 0 Å². The molecule has 2 nitrogen and oxygen atoms in total. The van der Waals surface area contributed by atoms with Crippen molar-refractivity contribution in [1.82, 2.24) is 4.90 Å². The third kappa shape index (κ3) is 4.26. The number of nitrogens with zero attached hydrogens (tertiary/aromatic N) is 1. The highest BCUT2D eigenvalue weighted by Crippen LogP contribution is 2.44. The summed E-state index contributed by atoms with van der Waals surface area (Å²) in [6.07, 6.45) is 10.4. The number of benzene rings is 2. The van der Waals surface area contributed by atoms with Crippen LogP contribution in [0.3, 0.4) is 0 Å². The molecule has 3 aliphatic rings. The van der Waals surface area contributed by atoms with E-state index in [-0.39, 0.29) is 17.8 Å². The van der Waals surface area contributed by atoms with Crippen LogP contribution in [0.2, 0.25) is 0 Å². The van der Waals surface area contributed by atoms with E-state index in [0.717, 1.165) is 19.6 Å². The fourth-order valence-electron chi connectivity index (χ4n) is 6.96. The number of fused-ring (bicyclic) bond motifs is 2. The third-order valence-corrected chi connectivity index (χ3v) is 9.69. The first-order chi connectivity index (χ1) is 16.3. The van der Waals surface area contributed by atoms with Gasteiger partial charge in [0.15, 0.2) is 0 Å². The highest BCUT2D eigenvalue weighted by molar-refractivity contribution is 7.10. The molecule has 2 aromatic carbocycles. The predicted octanol–water partition coefficient (Wildman–Crippen LogP) is 7.18. The summed E-state index contributed by atoms with van der Waals surface area (Å²) in [4.78, 5) is 4.54. The van der Waals surface area contributed by atoms with Crippen LogP contribution in [-0.4, -0.2) is 30.1 Å². The average molecular weight is 494 g/mol. The molecule has 1 aromatic heterocycles. The minimum atomic E-state index is -0.0356. The Kier molecular flexibility index (Phi) is 7.18. The number of piperidine rings is 1. The van der Waals surface area contributed by atoms with E-state index in [9.17, 15) is 0 Å². The van der Waals surface area contributed by atoms with Gasteiger partial charge in [-0.2, -0.15) is 0 Å². The Morgan fingerprint density at radius 1 is 0.912 bits per heavy atom. The lowest BCUT2D eigenvalue weighted by atomic mass is 9.69. The number of hydrogen-bond acceptors (Lipinski definition) is 3. The topological polar surface area (TPSA) is 12.5 Å². The van der Waals surface area contributed by atoms with Crippen LogP contribution in [0, 0.1) is 0 Å². The van der Waals surface area contributed by atoms with E-state index in [2.05, 4.69) is 70.9 Å². The highest BCUT2D eigenvalue weighted by atomic mass is 35.5. The first-order valence-electron chi connectivity index (χ1n) is 12.8. The van der Waals surface area contributed by atoms with Gasteiger partial charge < -0.3 is 4.74 Å². The van der Waals surface area contributed by atoms with E-state index >= 15 is 0 Å². The van der Waals surface area contributed by atoms with Crippen molar-refractivity contribution in [3.05, 3.63) is 93.2 Å². The standard InChI is InChI=1S/C30H35NOS.ClH/c1-2-10-26(11-3-1)30(23-32-22-25-9-4-5-12-27(25)30)16-8-19-31-18-7-6-15-29(31)17-13-28-24(21-29)14-20-33-28;/h1-5,9-12,14,20H,6-8,13,15-19,21-23H2;1H. The van der Waals surface area contributed by atoms with E-state index in [1.54, 1.807) is 10.4 Å². The van der Waals surface area contributed by atoms with Crippen LogP contribution in [0.1, 0.15) is 65.7 Å². The zero-order valence-corrected chi connectivity index (χ0v) is 21.6. The normalized spacial score (nSPS) is 26.5. The van der Waals surface area contributed by atoms with Crippen LogP contribution in [-0.2, 0) is 29.6 Å². The Balaban J connectivity index is 0.00000241. The molecule has 0 bridgehead atoms. The highest BCUT2D eigenvalue weighted by Gasteiger charge is 2.43. The van der Waals surface area contributed by atoms with Gasteiger partial charge >= 0.3 is 0 Å². The zero-order chi connectivity index (χ0) is 22.1. The maximum Gasteiger partial charge on any atom is 0.0720 e. The van der Waals surface area contributed by atoms with Crippen LogP contribution in [0.15, 0.2) is 66.0 Å². The molecule has 3 heterocycles. The van der Waals surface area contributed by atoms with Crippen molar-refractivity contribution in [3.8, 4) is 0 Å². The molecule has 1 saturated heterocycles. The average Bonchev–Trinajstić information content (AvgIpc) is 3.33. The van der Waals surface area contributed by atoms with Gasteiger partial charge in [-0.05, 0) is 91.7 Å². The molecule has 2 aliphatic heterocycles. The Morgan fingerprint density at radius 3 is 2.68 bits per heavy atom. The number of halogens is 1. The van der Waals surface area contributed by atoms with Gasteiger partial charge in [-0.25, -0.2) is 0 Å². The van der Waals surface area contributed by atoms with Crippen molar-refractivity contribution >= 4 is 23.7 Å². The number of aryl methyl sites for hydroxylation is 1. The van der Waals surface area contributed by atoms with E-state index in [0.29, 0.717) is 5.54 Å². The van der Waals surface area contributed by atoms with Crippen molar-refractivity contribution in [1.29, 1.82) is 0 Å². The van der Waals surface area contributed by atoms with Crippen LogP contribution >= 0.6 is 23.7 Å². The van der Waals surface area contributed by atoms with Crippen LogP contribution in [0.25, 0.3) is 0 Å². The van der Waals surface area contributed by atoms with Gasteiger partial charge in [-0.1, -0.05) is 61.0 Å². The van der Waals surface area contributed by atoms with Crippen LogP contribution in [0.5, 0.6) is 0 Å². The molecule has 2 atom stereocenters. The molecular weight excluding hydrogens is 458 g/mol. The summed E-state index contributed by atoms with van der Waals surface area (Å²) < 4.78 is 6.24. The molecule has 1 spiro atoms. The van der Waals surface area contributed by atoms with Gasteiger partial charge in [0.25, 0.3) is 0 Å². The zero-order valence-electron chi connectivity index (χ0n) is 20.0. The van der Waals surface area contributed by atoms with E-state index in [1.807, 2.05) is 11.3 Å². The van der Waals surface area contributed by atoms with E-state index in [1.165, 1.54) is 74.7 Å². The summed E-state index contributed by atoms with van der Waals surface area (Å²) in [5, 5.41) is 2.31. The molecule has 0 saturated carbocycles. The Morgan fingerprint density at radius 2 is 1.76 bits per heavy atom. The molecule has 3 aromatic rings. The monoisotopic (exact) mass is 493 g/mol. The Hall–Kier alpha value is -1.65. The summed E-state index contributed by atoms with van der Waals surface area (Å²) >= 11 is 1.97. The van der Waals surface area contributed by atoms with Gasteiger partial charge in [0.05, 0.1) is 13.2 Å². The fourth-order valence-corrected chi connectivity index (χ4v) is 7.87. The molecule has 34 heavy (non-hydrogen) atoms. The van der Waals surface area contributed by atoms with Crippen molar-refractivity contribution in [2.75, 3.05) is 19.7 Å². The number of rotatable bonds is 5. The van der Waals surface area contributed by atoms with Gasteiger partial charge in [-0.3, -0.25) is 4.90 Å². The molecule has 0 radical (unpaired) electrons. The molecule has 6 rings (SSSR count). The molecule has 1 aliphatic carbocycles. The Bertz CT molecular complexity index is 1100. The predicted molar refractivity (Wildman–Crippen MR) is 144 cm³/mol. The molecular formula is C30H36ClNOS. The first kappa shape index (κ1) is 24.1. The molecule has 4 heteroatoms. The second-order valence-electron chi connectivity index (χ2n) is 10.4. The minimum absolute atomic E-state index is 0. The Labute approximate surface area is 214 Å². The van der Waals surface area contributed by atoms with E-state index in [4.69, 9.17) is 4.74 Å². The molecule has 1 fully saturated rings. The summed E-state index contributed by atoms with van der Waals surface area (Å²) in [6, 6.07) is 22.5. The van der Waals surface area contributed by atoms with Crippen molar-refractivity contribution in [3.63, 3.8) is 0 Å².